The Hall–Kier alpha value is -5.19. The van der Waals surface area contributed by atoms with Crippen molar-refractivity contribution in [3.8, 4) is 22.8 Å². The second kappa shape index (κ2) is 8.65. The summed E-state index contributed by atoms with van der Waals surface area (Å²) in [7, 11) is 0. The van der Waals surface area contributed by atoms with Crippen LogP contribution in [0.4, 0.5) is 0 Å². The van der Waals surface area contributed by atoms with Gasteiger partial charge in [-0.25, -0.2) is 15.0 Å². The number of benzene rings is 6. The Bertz CT molecular complexity index is 2480. The van der Waals surface area contributed by atoms with E-state index in [1.54, 1.807) is 0 Å². The molecule has 0 aliphatic carbocycles. The zero-order valence-electron chi connectivity index (χ0n) is 21.9. The van der Waals surface area contributed by atoms with Gasteiger partial charge in [-0.2, -0.15) is 0 Å². The summed E-state index contributed by atoms with van der Waals surface area (Å²) in [6, 6.07) is 44.7. The predicted octanol–water partition coefficient (Wildman–Crippen LogP) is 10.2. The number of pyridine rings is 1. The van der Waals surface area contributed by atoms with Crippen molar-refractivity contribution >= 4 is 74.9 Å². The Morgan fingerprint density at radius 1 is 0.415 bits per heavy atom. The third-order valence-electron chi connectivity index (χ3n) is 8.06. The van der Waals surface area contributed by atoms with Crippen molar-refractivity contribution < 1.29 is 0 Å². The lowest BCUT2D eigenvalue weighted by molar-refractivity contribution is 1.21. The van der Waals surface area contributed by atoms with Crippen molar-refractivity contribution in [2.24, 2.45) is 0 Å². The Labute approximate surface area is 239 Å². The molecule has 0 saturated carbocycles. The van der Waals surface area contributed by atoms with E-state index in [0.717, 1.165) is 49.5 Å². The van der Waals surface area contributed by atoms with E-state index >= 15 is 0 Å². The fraction of sp³-hybridized carbons (Fsp3) is 0. The monoisotopic (exact) mass is 539 g/mol. The molecule has 0 radical (unpaired) electrons. The Morgan fingerprint density at radius 2 is 1.15 bits per heavy atom. The smallest absolute Gasteiger partial charge is 0.180 e. The van der Waals surface area contributed by atoms with Gasteiger partial charge in [0.1, 0.15) is 5.69 Å². The van der Waals surface area contributed by atoms with Gasteiger partial charge in [0.2, 0.25) is 0 Å². The van der Waals surface area contributed by atoms with Crippen LogP contribution in [0.25, 0.3) is 86.3 Å². The number of nitrogens with zero attached hydrogens (tertiary/aromatic N) is 3. The number of hydrogen-bond acceptors (Lipinski definition) is 4. The zero-order valence-corrected chi connectivity index (χ0v) is 22.7. The quantitative estimate of drug-likeness (QED) is 0.205. The maximum Gasteiger partial charge on any atom is 0.180 e. The third kappa shape index (κ3) is 3.35. The summed E-state index contributed by atoms with van der Waals surface area (Å²) in [6.45, 7) is 0. The molecule has 0 N–H and O–H groups in total. The van der Waals surface area contributed by atoms with E-state index in [9.17, 15) is 0 Å². The van der Waals surface area contributed by atoms with Crippen LogP contribution in [0, 0.1) is 0 Å². The standard InChI is InChI=1S/C37H21N3S/c1-2-11-23(12-3-1)34-28-19-18-22-10-4-5-13-24(22)35(28)40-37(39-34)36-26-15-7-6-14-25(26)32-29(38-36)20-21-31-33(32)27-16-8-9-17-30(27)41-31/h1-21H. The molecule has 0 fully saturated rings. The van der Waals surface area contributed by atoms with Crippen LogP contribution >= 0.6 is 11.3 Å². The SMILES string of the molecule is c1ccc(-c2nc(-c3nc4ccc5sc6ccccc6c5c4c4ccccc34)nc3c2ccc2ccccc23)cc1. The summed E-state index contributed by atoms with van der Waals surface area (Å²) in [5.41, 5.74) is 4.68. The molecule has 6 aromatic carbocycles. The van der Waals surface area contributed by atoms with Crippen molar-refractivity contribution in [2.75, 3.05) is 0 Å². The molecule has 41 heavy (non-hydrogen) atoms. The summed E-state index contributed by atoms with van der Waals surface area (Å²) in [5, 5.41) is 9.27. The van der Waals surface area contributed by atoms with Crippen molar-refractivity contribution in [2.45, 2.75) is 0 Å². The molecule has 9 aromatic rings. The summed E-state index contributed by atoms with van der Waals surface area (Å²) in [6.07, 6.45) is 0. The lowest BCUT2D eigenvalue weighted by atomic mass is 9.98. The fourth-order valence-corrected chi connectivity index (χ4v) is 7.33. The topological polar surface area (TPSA) is 38.7 Å². The second-order valence-electron chi connectivity index (χ2n) is 10.4. The van der Waals surface area contributed by atoms with E-state index in [1.807, 2.05) is 17.4 Å². The number of aromatic nitrogens is 3. The normalized spacial score (nSPS) is 11.9. The first-order valence-electron chi connectivity index (χ1n) is 13.7. The van der Waals surface area contributed by atoms with Crippen LogP contribution in [0.15, 0.2) is 127 Å². The van der Waals surface area contributed by atoms with Gasteiger partial charge in [0, 0.05) is 47.3 Å². The molecule has 3 heterocycles. The molecule has 0 atom stereocenters. The maximum absolute atomic E-state index is 5.31. The van der Waals surface area contributed by atoms with Crippen LogP contribution in [0.5, 0.6) is 0 Å². The largest absolute Gasteiger partial charge is 0.244 e. The minimum absolute atomic E-state index is 0.640. The first-order chi connectivity index (χ1) is 20.3. The highest BCUT2D eigenvalue weighted by molar-refractivity contribution is 7.26. The first-order valence-corrected chi connectivity index (χ1v) is 14.5. The molecule has 3 nitrogen and oxygen atoms in total. The van der Waals surface area contributed by atoms with Crippen LogP contribution in [0.2, 0.25) is 0 Å². The molecule has 0 aliphatic heterocycles. The molecular formula is C37H21N3S. The van der Waals surface area contributed by atoms with Crippen LogP contribution < -0.4 is 0 Å². The molecule has 0 spiro atoms. The number of rotatable bonds is 2. The zero-order chi connectivity index (χ0) is 26.9. The van der Waals surface area contributed by atoms with E-state index in [1.165, 1.54) is 30.9 Å². The average molecular weight is 540 g/mol. The molecule has 0 bridgehead atoms. The van der Waals surface area contributed by atoms with E-state index in [2.05, 4.69) is 121 Å². The first kappa shape index (κ1) is 22.6. The van der Waals surface area contributed by atoms with Crippen LogP contribution in [-0.4, -0.2) is 15.0 Å². The summed E-state index contributed by atoms with van der Waals surface area (Å²) in [4.78, 5) is 15.8. The van der Waals surface area contributed by atoms with Gasteiger partial charge in [0.25, 0.3) is 0 Å². The minimum atomic E-state index is 0.640. The minimum Gasteiger partial charge on any atom is -0.244 e. The van der Waals surface area contributed by atoms with E-state index in [0.29, 0.717) is 5.82 Å². The highest BCUT2D eigenvalue weighted by Gasteiger charge is 2.19. The number of thiophene rings is 1. The van der Waals surface area contributed by atoms with Gasteiger partial charge in [-0.1, -0.05) is 103 Å². The van der Waals surface area contributed by atoms with Gasteiger partial charge in [-0.3, -0.25) is 0 Å². The number of hydrogen-bond donors (Lipinski definition) is 0. The average Bonchev–Trinajstić information content (AvgIpc) is 3.43. The molecule has 190 valence electrons. The molecule has 9 rings (SSSR count). The lowest BCUT2D eigenvalue weighted by Gasteiger charge is -2.14. The van der Waals surface area contributed by atoms with Gasteiger partial charge in [-0.15, -0.1) is 11.3 Å². The van der Waals surface area contributed by atoms with Crippen molar-refractivity contribution in [3.63, 3.8) is 0 Å². The van der Waals surface area contributed by atoms with Gasteiger partial charge < -0.3 is 0 Å². The predicted molar refractivity (Wildman–Crippen MR) is 174 cm³/mol. The van der Waals surface area contributed by atoms with Crippen molar-refractivity contribution in [1.82, 2.24) is 15.0 Å². The lowest BCUT2D eigenvalue weighted by Crippen LogP contribution is -1.99. The fourth-order valence-electron chi connectivity index (χ4n) is 6.22. The van der Waals surface area contributed by atoms with Gasteiger partial charge >= 0.3 is 0 Å². The van der Waals surface area contributed by atoms with Gasteiger partial charge in [0.05, 0.1) is 16.7 Å². The summed E-state index contributed by atoms with van der Waals surface area (Å²) in [5.74, 6) is 0.640. The van der Waals surface area contributed by atoms with Gasteiger partial charge in [-0.05, 0) is 35.0 Å². The van der Waals surface area contributed by atoms with E-state index in [-0.39, 0.29) is 0 Å². The van der Waals surface area contributed by atoms with Crippen molar-refractivity contribution in [1.29, 1.82) is 0 Å². The van der Waals surface area contributed by atoms with E-state index < -0.39 is 0 Å². The molecule has 4 heteroatoms. The Kier molecular flexibility index (Phi) is 4.77. The maximum atomic E-state index is 5.31. The Balaban J connectivity index is 1.43. The van der Waals surface area contributed by atoms with Gasteiger partial charge in [0.15, 0.2) is 5.82 Å². The summed E-state index contributed by atoms with van der Waals surface area (Å²) < 4.78 is 2.57. The highest BCUT2D eigenvalue weighted by Crippen LogP contribution is 2.42. The molecular weight excluding hydrogens is 518 g/mol. The molecule has 0 saturated heterocycles. The van der Waals surface area contributed by atoms with Crippen LogP contribution in [-0.2, 0) is 0 Å². The van der Waals surface area contributed by atoms with Crippen LogP contribution in [0.3, 0.4) is 0 Å². The highest BCUT2D eigenvalue weighted by atomic mass is 32.1. The molecule has 0 amide bonds. The molecule has 0 aliphatic rings. The number of fused-ring (bicyclic) bond motifs is 10. The molecule has 3 aromatic heterocycles. The van der Waals surface area contributed by atoms with Crippen LogP contribution in [0.1, 0.15) is 0 Å². The summed E-state index contributed by atoms with van der Waals surface area (Å²) >= 11 is 1.84. The Morgan fingerprint density at radius 3 is 2.02 bits per heavy atom. The second-order valence-corrected chi connectivity index (χ2v) is 11.5. The van der Waals surface area contributed by atoms with E-state index in [4.69, 9.17) is 15.0 Å². The third-order valence-corrected chi connectivity index (χ3v) is 9.19. The van der Waals surface area contributed by atoms with Crippen molar-refractivity contribution in [3.05, 3.63) is 127 Å². The molecule has 0 unspecified atom stereocenters.